The Kier molecular flexibility index (Phi) is 4.17. The molecule has 5 rings (SSSR count). The highest BCUT2D eigenvalue weighted by Crippen LogP contribution is 2.41. The maximum atomic E-state index is 13.4. The van der Waals surface area contributed by atoms with Crippen LogP contribution >= 0.6 is 0 Å². The van der Waals surface area contributed by atoms with Crippen molar-refractivity contribution in [2.24, 2.45) is 0 Å². The van der Waals surface area contributed by atoms with Gasteiger partial charge in [0.05, 0.1) is 23.6 Å². The molecule has 0 bridgehead atoms. The standard InChI is InChI=1S/C23H18N2O5/c1-3-28-15-10-8-14(9-11-15)20-19-21(26)16-6-4-5-7-17(16)29-22(19)23(27)25(20)18-12-13(2)30-24-18/h4-12,20H,3H2,1-2H3/t20-/m0/s1. The van der Waals surface area contributed by atoms with E-state index in [1.807, 2.05) is 31.2 Å². The third-order valence-electron chi connectivity index (χ3n) is 5.15. The van der Waals surface area contributed by atoms with Gasteiger partial charge in [-0.1, -0.05) is 29.4 Å². The summed E-state index contributed by atoms with van der Waals surface area (Å²) in [6.45, 7) is 4.20. The van der Waals surface area contributed by atoms with Gasteiger partial charge in [-0.2, -0.15) is 0 Å². The third-order valence-corrected chi connectivity index (χ3v) is 5.15. The summed E-state index contributed by atoms with van der Waals surface area (Å²) in [4.78, 5) is 28.2. The molecule has 0 aliphatic carbocycles. The first kappa shape index (κ1) is 18.2. The fourth-order valence-corrected chi connectivity index (χ4v) is 3.85. The third kappa shape index (κ3) is 2.70. The molecule has 1 aliphatic rings. The predicted molar refractivity (Wildman–Crippen MR) is 110 cm³/mol. The number of aryl methyl sites for hydroxylation is 1. The summed E-state index contributed by atoms with van der Waals surface area (Å²) in [6, 6.07) is 15.2. The highest BCUT2D eigenvalue weighted by Gasteiger charge is 2.44. The molecule has 0 N–H and O–H groups in total. The van der Waals surface area contributed by atoms with E-state index in [4.69, 9.17) is 13.7 Å². The molecule has 150 valence electrons. The first-order valence-electron chi connectivity index (χ1n) is 9.64. The lowest BCUT2D eigenvalue weighted by atomic mass is 9.98. The Hall–Kier alpha value is -3.87. The summed E-state index contributed by atoms with van der Waals surface area (Å²) in [7, 11) is 0. The molecule has 1 amide bonds. The van der Waals surface area contributed by atoms with E-state index < -0.39 is 11.9 Å². The SMILES string of the molecule is CCOc1ccc([C@H]2c3c(oc4ccccc4c3=O)C(=O)N2c2cc(C)on2)cc1. The number of anilines is 1. The van der Waals surface area contributed by atoms with Crippen molar-refractivity contribution in [3.8, 4) is 5.75 Å². The number of carbonyl (C=O) groups excluding carboxylic acids is 1. The Morgan fingerprint density at radius 3 is 2.57 bits per heavy atom. The normalized spacial score (nSPS) is 15.6. The molecular weight excluding hydrogens is 384 g/mol. The molecule has 0 radical (unpaired) electrons. The van der Waals surface area contributed by atoms with Crippen LogP contribution in [0.15, 0.2) is 68.3 Å². The molecule has 0 fully saturated rings. The van der Waals surface area contributed by atoms with Crippen molar-refractivity contribution in [3.63, 3.8) is 0 Å². The topological polar surface area (TPSA) is 85.8 Å². The highest BCUT2D eigenvalue weighted by atomic mass is 16.5. The summed E-state index contributed by atoms with van der Waals surface area (Å²) in [5.41, 5.74) is 1.18. The Balaban J connectivity index is 1.75. The van der Waals surface area contributed by atoms with Crippen LogP contribution in [0.4, 0.5) is 5.82 Å². The molecule has 4 aromatic rings. The molecule has 0 saturated carbocycles. The van der Waals surface area contributed by atoms with E-state index in [1.54, 1.807) is 37.3 Å². The summed E-state index contributed by atoms with van der Waals surface area (Å²) < 4.78 is 16.6. The first-order chi connectivity index (χ1) is 14.6. The number of fused-ring (bicyclic) bond motifs is 2. The van der Waals surface area contributed by atoms with Crippen molar-refractivity contribution >= 4 is 22.7 Å². The maximum absolute atomic E-state index is 13.4. The largest absolute Gasteiger partial charge is 0.494 e. The van der Waals surface area contributed by atoms with E-state index in [9.17, 15) is 9.59 Å². The summed E-state index contributed by atoms with van der Waals surface area (Å²) in [5.74, 6) is 1.19. The Morgan fingerprint density at radius 2 is 1.87 bits per heavy atom. The second-order valence-electron chi connectivity index (χ2n) is 7.05. The van der Waals surface area contributed by atoms with E-state index in [-0.39, 0.29) is 11.2 Å². The molecule has 7 nitrogen and oxygen atoms in total. The van der Waals surface area contributed by atoms with Gasteiger partial charge in [0.25, 0.3) is 5.91 Å². The molecule has 0 unspecified atom stereocenters. The number of aromatic nitrogens is 1. The van der Waals surface area contributed by atoms with Crippen molar-refractivity contribution < 1.29 is 18.5 Å². The van der Waals surface area contributed by atoms with Gasteiger partial charge in [-0.25, -0.2) is 0 Å². The van der Waals surface area contributed by atoms with Crippen LogP contribution in [0.3, 0.4) is 0 Å². The summed E-state index contributed by atoms with van der Waals surface area (Å²) >= 11 is 0. The van der Waals surface area contributed by atoms with Gasteiger partial charge in [0.15, 0.2) is 11.2 Å². The number of benzene rings is 2. The van der Waals surface area contributed by atoms with Crippen molar-refractivity contribution in [1.82, 2.24) is 5.16 Å². The van der Waals surface area contributed by atoms with Gasteiger partial charge in [-0.05, 0) is 43.7 Å². The van der Waals surface area contributed by atoms with Crippen LogP contribution < -0.4 is 15.1 Å². The van der Waals surface area contributed by atoms with Gasteiger partial charge in [0.2, 0.25) is 5.76 Å². The smallest absolute Gasteiger partial charge is 0.296 e. The second kappa shape index (κ2) is 6.88. The molecule has 3 heterocycles. The van der Waals surface area contributed by atoms with E-state index in [1.165, 1.54) is 4.90 Å². The first-order valence-corrected chi connectivity index (χ1v) is 9.64. The van der Waals surface area contributed by atoms with Gasteiger partial charge >= 0.3 is 0 Å². The van der Waals surface area contributed by atoms with E-state index in [0.717, 1.165) is 5.56 Å². The molecule has 0 saturated heterocycles. The van der Waals surface area contributed by atoms with Crippen LogP contribution in [-0.4, -0.2) is 17.7 Å². The zero-order valence-electron chi connectivity index (χ0n) is 16.4. The number of carbonyl (C=O) groups is 1. The molecule has 30 heavy (non-hydrogen) atoms. The average Bonchev–Trinajstić information content (AvgIpc) is 3.30. The molecule has 1 aliphatic heterocycles. The Labute approximate surface area is 171 Å². The number of hydrogen-bond donors (Lipinski definition) is 0. The number of rotatable bonds is 4. The molecule has 1 atom stereocenters. The quantitative estimate of drug-likeness (QED) is 0.508. The van der Waals surface area contributed by atoms with Crippen molar-refractivity contribution in [1.29, 1.82) is 0 Å². The van der Waals surface area contributed by atoms with Gasteiger partial charge < -0.3 is 13.7 Å². The molecule has 2 aromatic heterocycles. The minimum Gasteiger partial charge on any atom is -0.494 e. The molecular formula is C23H18N2O5. The lowest BCUT2D eigenvalue weighted by Crippen LogP contribution is -2.29. The van der Waals surface area contributed by atoms with Gasteiger partial charge in [0.1, 0.15) is 17.1 Å². The second-order valence-corrected chi connectivity index (χ2v) is 7.05. The zero-order chi connectivity index (χ0) is 20.8. The Bertz CT molecular complexity index is 1320. The minimum absolute atomic E-state index is 0.0261. The van der Waals surface area contributed by atoms with Crippen LogP contribution in [0, 0.1) is 6.92 Å². The van der Waals surface area contributed by atoms with Crippen LogP contribution in [0.2, 0.25) is 0 Å². The fourth-order valence-electron chi connectivity index (χ4n) is 3.85. The fraction of sp³-hybridized carbons (Fsp3) is 0.174. The lowest BCUT2D eigenvalue weighted by molar-refractivity contribution is 0.0969. The monoisotopic (exact) mass is 402 g/mol. The number of hydrogen-bond acceptors (Lipinski definition) is 6. The average molecular weight is 402 g/mol. The molecule has 2 aromatic carbocycles. The Morgan fingerprint density at radius 1 is 1.10 bits per heavy atom. The summed E-state index contributed by atoms with van der Waals surface area (Å²) in [6.07, 6.45) is 0. The number of nitrogens with zero attached hydrogens (tertiary/aromatic N) is 2. The van der Waals surface area contributed by atoms with E-state index in [0.29, 0.717) is 40.5 Å². The van der Waals surface area contributed by atoms with Crippen molar-refractivity contribution in [3.05, 3.63) is 87.5 Å². The maximum Gasteiger partial charge on any atom is 0.296 e. The number of amides is 1. The van der Waals surface area contributed by atoms with E-state index in [2.05, 4.69) is 5.16 Å². The van der Waals surface area contributed by atoms with Gasteiger partial charge in [-0.15, -0.1) is 0 Å². The lowest BCUT2D eigenvalue weighted by Gasteiger charge is -2.22. The molecule has 7 heteroatoms. The highest BCUT2D eigenvalue weighted by molar-refractivity contribution is 6.10. The number of ether oxygens (including phenoxy) is 1. The van der Waals surface area contributed by atoms with Crippen molar-refractivity contribution in [2.75, 3.05) is 11.5 Å². The molecule has 0 spiro atoms. The summed E-state index contributed by atoms with van der Waals surface area (Å²) in [5, 5.41) is 4.44. The number of para-hydroxylation sites is 1. The van der Waals surface area contributed by atoms with Crippen LogP contribution in [0.25, 0.3) is 11.0 Å². The van der Waals surface area contributed by atoms with Gasteiger partial charge in [0, 0.05) is 6.07 Å². The predicted octanol–water partition coefficient (Wildman–Crippen LogP) is 4.24. The van der Waals surface area contributed by atoms with Crippen LogP contribution in [0.1, 0.15) is 40.4 Å². The zero-order valence-corrected chi connectivity index (χ0v) is 16.4. The van der Waals surface area contributed by atoms with Crippen LogP contribution in [-0.2, 0) is 0 Å². The van der Waals surface area contributed by atoms with Gasteiger partial charge in [-0.3, -0.25) is 14.5 Å². The minimum atomic E-state index is -0.687. The van der Waals surface area contributed by atoms with Crippen LogP contribution in [0.5, 0.6) is 5.75 Å². The van der Waals surface area contributed by atoms with Crippen molar-refractivity contribution in [2.45, 2.75) is 19.9 Å². The van der Waals surface area contributed by atoms with E-state index >= 15 is 0 Å².